The zero-order valence-corrected chi connectivity index (χ0v) is 23.4. The number of aromatic nitrogens is 1. The maximum atomic E-state index is 13.7. The summed E-state index contributed by atoms with van der Waals surface area (Å²) in [5.74, 6) is 0.265. The molecule has 0 saturated heterocycles. The molecule has 1 aromatic heterocycles. The van der Waals surface area contributed by atoms with Crippen molar-refractivity contribution in [3.63, 3.8) is 0 Å². The van der Waals surface area contributed by atoms with Crippen molar-refractivity contribution in [1.29, 1.82) is 0 Å². The maximum Gasteiger partial charge on any atom is 0.269 e. The molecule has 0 atom stereocenters. The van der Waals surface area contributed by atoms with Crippen molar-refractivity contribution in [1.82, 2.24) is 14.8 Å². The Balaban J connectivity index is 1.50. The minimum Gasteiger partial charge on any atom is -0.497 e. The number of nitro benzene ring substituents is 1. The van der Waals surface area contributed by atoms with Crippen LogP contribution in [0.5, 0.6) is 5.75 Å². The van der Waals surface area contributed by atoms with E-state index in [1.54, 1.807) is 30.2 Å². The minimum atomic E-state index is -0.471. The number of nitro groups is 1. The van der Waals surface area contributed by atoms with Crippen molar-refractivity contribution >= 4 is 34.5 Å². The van der Waals surface area contributed by atoms with Gasteiger partial charge in [-0.2, -0.15) is 0 Å². The predicted octanol–water partition coefficient (Wildman–Crippen LogP) is 5.61. The molecule has 0 fully saturated rings. The van der Waals surface area contributed by atoms with Crippen LogP contribution in [0, 0.1) is 10.1 Å². The van der Waals surface area contributed by atoms with Crippen molar-refractivity contribution in [2.75, 3.05) is 20.2 Å². The molecule has 2 amide bonds. The van der Waals surface area contributed by atoms with Crippen LogP contribution in [0.4, 0.5) is 5.69 Å². The zero-order chi connectivity index (χ0) is 29.4. The molecular weight excluding hydrogens is 520 g/mol. The van der Waals surface area contributed by atoms with Crippen LogP contribution in [0.2, 0.25) is 0 Å². The first-order valence-corrected chi connectivity index (χ1v) is 13.4. The number of carbonyl (C=O) groups is 2. The van der Waals surface area contributed by atoms with E-state index < -0.39 is 4.92 Å². The van der Waals surface area contributed by atoms with E-state index in [1.165, 1.54) is 23.1 Å². The number of carbonyl (C=O) groups excluding carboxylic acids is 2. The highest BCUT2D eigenvalue weighted by molar-refractivity contribution is 5.94. The molecule has 0 bridgehead atoms. The fourth-order valence-electron chi connectivity index (χ4n) is 4.57. The average molecular weight is 555 g/mol. The van der Waals surface area contributed by atoms with E-state index >= 15 is 0 Å². The molecule has 0 aliphatic heterocycles. The van der Waals surface area contributed by atoms with Crippen LogP contribution in [0.1, 0.15) is 30.5 Å². The third-order valence-corrected chi connectivity index (χ3v) is 6.95. The van der Waals surface area contributed by atoms with Gasteiger partial charge in [0.15, 0.2) is 0 Å². The highest BCUT2D eigenvalue weighted by Crippen LogP contribution is 2.20. The molecule has 1 heterocycles. The first kappa shape index (κ1) is 29.1. The molecule has 1 N–H and O–H groups in total. The Hall–Kier alpha value is -4.92. The molecule has 0 aliphatic rings. The van der Waals surface area contributed by atoms with E-state index in [9.17, 15) is 19.7 Å². The Morgan fingerprint density at radius 1 is 1.02 bits per heavy atom. The van der Waals surface area contributed by atoms with Gasteiger partial charge in [0.1, 0.15) is 12.3 Å². The quantitative estimate of drug-likeness (QED) is 0.139. The molecule has 9 nitrogen and oxygen atoms in total. The Morgan fingerprint density at radius 3 is 2.39 bits per heavy atom. The van der Waals surface area contributed by atoms with E-state index in [1.807, 2.05) is 62.5 Å². The second-order valence-corrected chi connectivity index (χ2v) is 10.0. The minimum absolute atomic E-state index is 0.0209. The van der Waals surface area contributed by atoms with Crippen molar-refractivity contribution in [2.45, 2.75) is 32.9 Å². The third kappa shape index (κ3) is 7.60. The molecule has 3 aromatic carbocycles. The van der Waals surface area contributed by atoms with Crippen molar-refractivity contribution < 1.29 is 19.2 Å². The average Bonchev–Trinajstić information content (AvgIpc) is 3.40. The smallest absolute Gasteiger partial charge is 0.269 e. The first-order valence-electron chi connectivity index (χ1n) is 13.4. The van der Waals surface area contributed by atoms with Crippen molar-refractivity contribution in [3.05, 3.63) is 112 Å². The maximum absolute atomic E-state index is 13.7. The molecule has 0 saturated carbocycles. The number of benzene rings is 3. The molecular formula is C32H34N4O5. The molecule has 212 valence electrons. The van der Waals surface area contributed by atoms with Crippen LogP contribution < -0.4 is 4.74 Å². The third-order valence-electron chi connectivity index (χ3n) is 6.95. The molecule has 0 spiro atoms. The summed E-state index contributed by atoms with van der Waals surface area (Å²) in [6.07, 6.45) is 5.63. The van der Waals surface area contributed by atoms with Crippen LogP contribution in [0.3, 0.4) is 0 Å². The van der Waals surface area contributed by atoms with E-state index in [-0.39, 0.29) is 30.1 Å². The number of non-ortho nitro benzene ring substituents is 1. The van der Waals surface area contributed by atoms with Gasteiger partial charge in [-0.25, -0.2) is 0 Å². The van der Waals surface area contributed by atoms with Crippen molar-refractivity contribution in [2.24, 2.45) is 0 Å². The fourth-order valence-corrected chi connectivity index (χ4v) is 4.57. The number of ether oxygens (including phenoxy) is 1. The van der Waals surface area contributed by atoms with Gasteiger partial charge in [-0.3, -0.25) is 19.7 Å². The number of methoxy groups -OCH3 is 1. The second-order valence-electron chi connectivity index (χ2n) is 10.0. The van der Waals surface area contributed by atoms with Gasteiger partial charge in [0, 0.05) is 54.4 Å². The molecule has 4 aromatic rings. The Labute approximate surface area is 239 Å². The van der Waals surface area contributed by atoms with Crippen LogP contribution in [-0.2, 0) is 22.6 Å². The molecule has 0 radical (unpaired) electrons. The summed E-state index contributed by atoms with van der Waals surface area (Å²) >= 11 is 0. The number of hydrogen-bond acceptors (Lipinski definition) is 5. The van der Waals surface area contributed by atoms with Gasteiger partial charge in [-0.15, -0.1) is 0 Å². The number of amides is 2. The highest BCUT2D eigenvalue weighted by atomic mass is 16.6. The number of aromatic amines is 1. The Morgan fingerprint density at radius 2 is 1.73 bits per heavy atom. The standard InChI is InChI=1S/C32H34N4O5/c1-23(2)35(31(37)17-12-24-8-13-27(14-9-24)36(39)40)22-32(38)34(21-25-10-15-28(41-3)16-11-25)19-18-26-20-33-30-7-5-4-6-29(26)30/h4-17,20,23,33H,18-19,21-22H2,1-3H3/b17-12+. The lowest BCUT2D eigenvalue weighted by Crippen LogP contribution is -2.45. The number of fused-ring (bicyclic) bond motifs is 1. The van der Waals surface area contributed by atoms with Gasteiger partial charge in [0.25, 0.3) is 5.69 Å². The molecule has 9 heteroatoms. The van der Waals surface area contributed by atoms with E-state index in [0.717, 1.165) is 27.8 Å². The largest absolute Gasteiger partial charge is 0.497 e. The lowest BCUT2D eigenvalue weighted by molar-refractivity contribution is -0.384. The first-order chi connectivity index (χ1) is 19.7. The predicted molar refractivity (Wildman–Crippen MR) is 159 cm³/mol. The monoisotopic (exact) mass is 554 g/mol. The summed E-state index contributed by atoms with van der Waals surface area (Å²) in [5.41, 5.74) is 3.76. The second kappa shape index (κ2) is 13.4. The topological polar surface area (TPSA) is 109 Å². The molecule has 0 unspecified atom stereocenters. The Bertz CT molecular complexity index is 1520. The van der Waals surface area contributed by atoms with Crippen LogP contribution in [0.15, 0.2) is 85.1 Å². The number of nitrogens with zero attached hydrogens (tertiary/aromatic N) is 3. The summed E-state index contributed by atoms with van der Waals surface area (Å²) in [6.45, 7) is 4.52. The van der Waals surface area contributed by atoms with Crippen LogP contribution in [-0.4, -0.2) is 57.8 Å². The van der Waals surface area contributed by atoms with E-state index in [4.69, 9.17) is 4.74 Å². The van der Waals surface area contributed by atoms with Crippen molar-refractivity contribution in [3.8, 4) is 5.75 Å². The van der Waals surface area contributed by atoms with Gasteiger partial charge >= 0.3 is 0 Å². The number of nitrogens with one attached hydrogen (secondary N) is 1. The summed E-state index contributed by atoms with van der Waals surface area (Å²) in [7, 11) is 1.61. The molecule has 0 aliphatic carbocycles. The number of para-hydroxylation sites is 1. The number of H-pyrrole nitrogens is 1. The number of rotatable bonds is 12. The molecule has 4 rings (SSSR count). The summed E-state index contributed by atoms with van der Waals surface area (Å²) in [4.78, 5) is 43.9. The number of hydrogen-bond donors (Lipinski definition) is 1. The van der Waals surface area contributed by atoms with E-state index in [0.29, 0.717) is 25.1 Å². The van der Waals surface area contributed by atoms with Gasteiger partial charge < -0.3 is 19.5 Å². The lowest BCUT2D eigenvalue weighted by Gasteiger charge is -2.29. The lowest BCUT2D eigenvalue weighted by atomic mass is 10.1. The fraction of sp³-hybridized carbons (Fsp3) is 0.250. The van der Waals surface area contributed by atoms with E-state index in [2.05, 4.69) is 11.1 Å². The van der Waals surface area contributed by atoms with Gasteiger partial charge in [0.2, 0.25) is 11.8 Å². The highest BCUT2D eigenvalue weighted by Gasteiger charge is 2.23. The Kier molecular flexibility index (Phi) is 9.52. The summed E-state index contributed by atoms with van der Waals surface area (Å²) in [6, 6.07) is 21.4. The summed E-state index contributed by atoms with van der Waals surface area (Å²) in [5, 5.41) is 12.0. The molecule has 41 heavy (non-hydrogen) atoms. The van der Waals surface area contributed by atoms with Gasteiger partial charge in [0.05, 0.1) is 12.0 Å². The van der Waals surface area contributed by atoms with Gasteiger partial charge in [-0.1, -0.05) is 30.3 Å². The zero-order valence-electron chi connectivity index (χ0n) is 23.4. The van der Waals surface area contributed by atoms with Gasteiger partial charge in [-0.05, 0) is 73.4 Å². The summed E-state index contributed by atoms with van der Waals surface area (Å²) < 4.78 is 5.27. The normalized spacial score (nSPS) is 11.2. The SMILES string of the molecule is COc1ccc(CN(CCc2c[nH]c3ccccc23)C(=O)CN(C(=O)/C=C/c2ccc([N+](=O)[O-])cc2)C(C)C)cc1. The van der Waals surface area contributed by atoms with Crippen LogP contribution >= 0.6 is 0 Å². The van der Waals surface area contributed by atoms with Crippen LogP contribution in [0.25, 0.3) is 17.0 Å².